The number of nitro groups is 1. The highest BCUT2D eigenvalue weighted by Crippen LogP contribution is 2.41. The van der Waals surface area contributed by atoms with E-state index in [0.717, 1.165) is 17.3 Å². The van der Waals surface area contributed by atoms with E-state index in [2.05, 4.69) is 22.0 Å². The van der Waals surface area contributed by atoms with Crippen molar-refractivity contribution < 1.29 is 14.5 Å². The fourth-order valence-electron chi connectivity index (χ4n) is 4.09. The summed E-state index contributed by atoms with van der Waals surface area (Å²) in [5.74, 6) is -1.59. The van der Waals surface area contributed by atoms with Gasteiger partial charge in [-0.25, -0.2) is 0 Å². The third-order valence-electron chi connectivity index (χ3n) is 5.78. The van der Waals surface area contributed by atoms with Crippen LogP contribution < -0.4 is 16.0 Å². The van der Waals surface area contributed by atoms with Gasteiger partial charge in [-0.05, 0) is 30.7 Å². The Balaban J connectivity index is 1.60. The quantitative estimate of drug-likeness (QED) is 0.268. The Morgan fingerprint density at radius 1 is 1.00 bits per heavy atom. The summed E-state index contributed by atoms with van der Waals surface area (Å²) in [7, 11) is 0. The first kappa shape index (κ1) is 26.2. The number of carbonyl (C=O) groups is 2. The van der Waals surface area contributed by atoms with E-state index in [0.29, 0.717) is 27.6 Å². The minimum atomic E-state index is -0.660. The first-order chi connectivity index (χ1) is 18.4. The second-order valence-corrected chi connectivity index (χ2v) is 9.28. The highest BCUT2D eigenvalue weighted by molar-refractivity contribution is 8.03. The Kier molecular flexibility index (Phi) is 8.20. The van der Waals surface area contributed by atoms with Gasteiger partial charge in [0, 0.05) is 23.0 Å². The van der Waals surface area contributed by atoms with Gasteiger partial charge in [-0.2, -0.15) is 5.26 Å². The Hall–Kier alpha value is -4.88. The molecule has 2 amide bonds. The number of nitrogens with one attached hydrogen (secondary N) is 3. The van der Waals surface area contributed by atoms with Gasteiger partial charge >= 0.3 is 0 Å². The molecule has 38 heavy (non-hydrogen) atoms. The predicted molar refractivity (Wildman–Crippen MR) is 147 cm³/mol. The van der Waals surface area contributed by atoms with Gasteiger partial charge in [-0.1, -0.05) is 72.4 Å². The number of anilines is 2. The van der Waals surface area contributed by atoms with Crippen LogP contribution in [-0.4, -0.2) is 22.5 Å². The Morgan fingerprint density at radius 2 is 1.63 bits per heavy atom. The molecule has 0 saturated carbocycles. The third kappa shape index (κ3) is 5.91. The van der Waals surface area contributed by atoms with Crippen molar-refractivity contribution in [2.75, 3.05) is 16.4 Å². The van der Waals surface area contributed by atoms with Gasteiger partial charge in [-0.15, -0.1) is 0 Å². The normalized spacial score (nSPS) is 14.8. The third-order valence-corrected chi connectivity index (χ3v) is 6.80. The minimum absolute atomic E-state index is 0.0901. The minimum Gasteiger partial charge on any atom is -0.353 e. The molecule has 0 aromatic heterocycles. The topological polar surface area (TPSA) is 137 Å². The number of nitrogens with zero attached hydrogens (tertiary/aromatic N) is 2. The molecule has 1 atom stereocenters. The molecule has 0 fully saturated rings. The maximum Gasteiger partial charge on any atom is 0.292 e. The number of rotatable bonds is 8. The van der Waals surface area contributed by atoms with Gasteiger partial charge in [0.25, 0.3) is 11.6 Å². The number of nitro benzene ring substituents is 1. The van der Waals surface area contributed by atoms with Gasteiger partial charge in [0.15, 0.2) is 0 Å². The fourth-order valence-corrected chi connectivity index (χ4v) is 4.98. The first-order valence-corrected chi connectivity index (χ1v) is 12.6. The largest absolute Gasteiger partial charge is 0.353 e. The second kappa shape index (κ2) is 11.9. The van der Waals surface area contributed by atoms with E-state index in [1.54, 1.807) is 25.1 Å². The van der Waals surface area contributed by atoms with Crippen LogP contribution in [0.5, 0.6) is 0 Å². The molecule has 0 radical (unpaired) electrons. The van der Waals surface area contributed by atoms with Gasteiger partial charge in [0.1, 0.15) is 5.69 Å². The van der Waals surface area contributed by atoms with Crippen LogP contribution >= 0.6 is 11.8 Å². The highest BCUT2D eigenvalue weighted by atomic mass is 32.2. The zero-order chi connectivity index (χ0) is 27.1. The smallest absolute Gasteiger partial charge is 0.292 e. The van der Waals surface area contributed by atoms with E-state index < -0.39 is 16.7 Å². The van der Waals surface area contributed by atoms with E-state index in [4.69, 9.17) is 0 Å². The molecule has 0 unspecified atom stereocenters. The fraction of sp³-hybridized carbons (Fsp3) is 0.107. The summed E-state index contributed by atoms with van der Waals surface area (Å²) in [5.41, 5.74) is 2.49. The summed E-state index contributed by atoms with van der Waals surface area (Å²) in [5, 5.41) is 30.5. The molecule has 9 nitrogen and oxygen atoms in total. The number of benzene rings is 3. The molecule has 0 saturated heterocycles. The van der Waals surface area contributed by atoms with Crippen LogP contribution in [0.2, 0.25) is 0 Å². The molecule has 1 heterocycles. The lowest BCUT2D eigenvalue weighted by Gasteiger charge is -2.29. The molecule has 1 aliphatic heterocycles. The van der Waals surface area contributed by atoms with Crippen LogP contribution in [0.25, 0.3) is 0 Å². The number of para-hydroxylation sites is 3. The predicted octanol–water partition coefficient (Wildman–Crippen LogP) is 5.30. The van der Waals surface area contributed by atoms with E-state index in [9.17, 15) is 25.0 Å². The van der Waals surface area contributed by atoms with Crippen LogP contribution in [0.3, 0.4) is 0 Å². The summed E-state index contributed by atoms with van der Waals surface area (Å²) < 4.78 is 0. The van der Waals surface area contributed by atoms with Gasteiger partial charge in [0.05, 0.1) is 33.3 Å². The summed E-state index contributed by atoms with van der Waals surface area (Å²) in [4.78, 5) is 36.8. The number of hydrogen-bond donors (Lipinski definition) is 3. The number of allylic oxidation sites excluding steroid dienone is 2. The molecule has 4 rings (SSSR count). The van der Waals surface area contributed by atoms with Crippen molar-refractivity contribution in [2.45, 2.75) is 12.8 Å². The van der Waals surface area contributed by atoms with E-state index in [-0.39, 0.29) is 23.0 Å². The van der Waals surface area contributed by atoms with Crippen molar-refractivity contribution in [1.29, 1.82) is 5.26 Å². The molecule has 0 spiro atoms. The van der Waals surface area contributed by atoms with Crippen molar-refractivity contribution >= 4 is 40.6 Å². The first-order valence-electron chi connectivity index (χ1n) is 11.6. The summed E-state index contributed by atoms with van der Waals surface area (Å²) >= 11 is 1.09. The molecule has 3 N–H and O–H groups in total. The molecule has 1 aliphatic rings. The number of amides is 2. The molecule has 3 aromatic carbocycles. The lowest BCUT2D eigenvalue weighted by molar-refractivity contribution is -0.383. The van der Waals surface area contributed by atoms with E-state index in [1.807, 2.05) is 48.5 Å². The average Bonchev–Trinajstić information content (AvgIpc) is 2.92. The number of hydrogen-bond acceptors (Lipinski definition) is 7. The zero-order valence-corrected chi connectivity index (χ0v) is 21.1. The Bertz CT molecular complexity index is 1480. The second-order valence-electron chi connectivity index (χ2n) is 8.29. The highest BCUT2D eigenvalue weighted by Gasteiger charge is 2.34. The average molecular weight is 526 g/mol. The Morgan fingerprint density at radius 3 is 2.29 bits per heavy atom. The van der Waals surface area contributed by atoms with Crippen LogP contribution in [-0.2, 0) is 9.59 Å². The van der Waals surface area contributed by atoms with Gasteiger partial charge in [-0.3, -0.25) is 19.7 Å². The molecule has 3 aromatic rings. The number of carbonyl (C=O) groups excluding carboxylic acids is 2. The van der Waals surface area contributed by atoms with Crippen molar-refractivity contribution in [3.63, 3.8) is 0 Å². The van der Waals surface area contributed by atoms with Crippen LogP contribution in [0.1, 0.15) is 18.4 Å². The summed E-state index contributed by atoms with van der Waals surface area (Å²) in [6.45, 7) is 1.75. The zero-order valence-electron chi connectivity index (χ0n) is 20.3. The van der Waals surface area contributed by atoms with E-state index >= 15 is 0 Å². The molecular weight excluding hydrogens is 502 g/mol. The molecule has 0 aliphatic carbocycles. The molecule has 10 heteroatoms. The SMILES string of the molecule is CC1=C(C(=O)Nc2ccccc2)[C@@H](c2ccccc2)C(C#N)=C(SCC(=O)Nc2ccccc2[N+](=O)[O-])N1. The lowest BCUT2D eigenvalue weighted by Crippen LogP contribution is -2.31. The maximum absolute atomic E-state index is 13.4. The van der Waals surface area contributed by atoms with Crippen LogP contribution in [0.4, 0.5) is 17.1 Å². The van der Waals surface area contributed by atoms with Gasteiger partial charge in [0.2, 0.25) is 5.91 Å². The molecule has 190 valence electrons. The van der Waals surface area contributed by atoms with E-state index in [1.165, 1.54) is 18.2 Å². The summed E-state index contributed by atoms with van der Waals surface area (Å²) in [6, 6.07) is 26.3. The van der Waals surface area contributed by atoms with Crippen LogP contribution in [0.15, 0.2) is 107 Å². The van der Waals surface area contributed by atoms with Crippen LogP contribution in [0, 0.1) is 21.4 Å². The standard InChI is InChI=1S/C28H23N5O4S/c1-18-25(27(35)31-20-12-6-3-7-13-20)26(19-10-4-2-5-11-19)21(16-29)28(30-18)38-17-24(34)32-22-14-8-9-15-23(22)33(36)37/h2-15,26,30H,17H2,1H3,(H,31,35)(H,32,34)/t26-/m0/s1. The van der Waals surface area contributed by atoms with Crippen molar-refractivity contribution in [3.8, 4) is 6.07 Å². The number of thioether (sulfide) groups is 1. The maximum atomic E-state index is 13.4. The lowest BCUT2D eigenvalue weighted by atomic mass is 9.82. The van der Waals surface area contributed by atoms with Crippen molar-refractivity contribution in [1.82, 2.24) is 5.32 Å². The number of dihydropyridines is 1. The van der Waals surface area contributed by atoms with Crippen molar-refractivity contribution in [2.24, 2.45) is 0 Å². The summed E-state index contributed by atoms with van der Waals surface area (Å²) in [6.07, 6.45) is 0. The monoisotopic (exact) mass is 525 g/mol. The van der Waals surface area contributed by atoms with Gasteiger partial charge < -0.3 is 16.0 Å². The van der Waals surface area contributed by atoms with Crippen molar-refractivity contribution in [3.05, 3.63) is 122 Å². The number of nitriles is 1. The Labute approximate surface area is 223 Å². The molecule has 0 bridgehead atoms. The molecular formula is C28H23N5O4S.